The van der Waals surface area contributed by atoms with Gasteiger partial charge in [-0.1, -0.05) is 12.1 Å². The van der Waals surface area contributed by atoms with Crippen molar-refractivity contribution in [1.82, 2.24) is 10.2 Å². The summed E-state index contributed by atoms with van der Waals surface area (Å²) in [6.07, 6.45) is -0.000354. The Balaban J connectivity index is 1.51. The second kappa shape index (κ2) is 7.66. The number of carbonyl (C=O) groups is 2. The fraction of sp³-hybridized carbons (Fsp3) is 0.600. The van der Waals surface area contributed by atoms with Gasteiger partial charge in [-0.15, -0.1) is 0 Å². The Labute approximate surface area is 160 Å². The molecule has 0 aromatic heterocycles. The van der Waals surface area contributed by atoms with Crippen molar-refractivity contribution in [2.45, 2.75) is 64.4 Å². The average molecular weight is 376 g/mol. The van der Waals surface area contributed by atoms with Crippen LogP contribution in [-0.4, -0.2) is 53.8 Å². The van der Waals surface area contributed by atoms with Crippen LogP contribution in [0.5, 0.6) is 11.5 Å². The number of benzene rings is 1. The number of hydrogen-bond acceptors (Lipinski definition) is 5. The van der Waals surface area contributed by atoms with Gasteiger partial charge in [-0.05, 0) is 52.7 Å². The van der Waals surface area contributed by atoms with Gasteiger partial charge in [0.2, 0.25) is 6.10 Å². The van der Waals surface area contributed by atoms with E-state index in [4.69, 9.17) is 14.2 Å². The molecule has 1 fully saturated rings. The minimum Gasteiger partial charge on any atom is -0.482 e. The zero-order valence-electron chi connectivity index (χ0n) is 16.4. The second-order valence-electron chi connectivity index (χ2n) is 8.06. The fourth-order valence-corrected chi connectivity index (χ4v) is 3.22. The third-order valence-corrected chi connectivity index (χ3v) is 4.59. The van der Waals surface area contributed by atoms with Crippen LogP contribution in [-0.2, 0) is 9.53 Å². The van der Waals surface area contributed by atoms with Gasteiger partial charge in [-0.3, -0.25) is 4.79 Å². The first-order valence-electron chi connectivity index (χ1n) is 9.43. The molecule has 2 aliphatic rings. The number of hydrogen-bond donors (Lipinski definition) is 1. The average Bonchev–Trinajstić information content (AvgIpc) is 2.60. The van der Waals surface area contributed by atoms with E-state index >= 15 is 0 Å². The Morgan fingerprint density at radius 1 is 1.11 bits per heavy atom. The van der Waals surface area contributed by atoms with Crippen molar-refractivity contribution in [3.8, 4) is 11.5 Å². The maximum atomic E-state index is 12.7. The molecule has 7 heteroatoms. The predicted octanol–water partition coefficient (Wildman–Crippen LogP) is 2.73. The molecule has 1 saturated heterocycles. The van der Waals surface area contributed by atoms with E-state index in [-0.39, 0.29) is 24.1 Å². The van der Waals surface area contributed by atoms with E-state index in [1.54, 1.807) is 11.0 Å². The van der Waals surface area contributed by atoms with Crippen molar-refractivity contribution in [2.24, 2.45) is 0 Å². The predicted molar refractivity (Wildman–Crippen MR) is 99.9 cm³/mol. The van der Waals surface area contributed by atoms with Crippen LogP contribution >= 0.6 is 0 Å². The van der Waals surface area contributed by atoms with Crippen molar-refractivity contribution in [3.05, 3.63) is 24.3 Å². The topological polar surface area (TPSA) is 77.1 Å². The van der Waals surface area contributed by atoms with E-state index in [1.165, 1.54) is 0 Å². The van der Waals surface area contributed by atoms with E-state index < -0.39 is 11.7 Å². The Hall–Kier alpha value is -2.44. The van der Waals surface area contributed by atoms with Gasteiger partial charge in [0, 0.05) is 19.1 Å². The summed E-state index contributed by atoms with van der Waals surface area (Å²) in [4.78, 5) is 26.5. The summed E-state index contributed by atoms with van der Waals surface area (Å²) < 4.78 is 17.0. The summed E-state index contributed by atoms with van der Waals surface area (Å²) in [5.41, 5.74) is -0.507. The maximum absolute atomic E-state index is 12.7. The lowest BCUT2D eigenvalue weighted by atomic mass is 10.0. The molecule has 2 heterocycles. The first-order chi connectivity index (χ1) is 12.7. The molecule has 0 saturated carbocycles. The highest BCUT2D eigenvalue weighted by atomic mass is 16.6. The first kappa shape index (κ1) is 19.3. The SMILES string of the molecule is C[C@@H]1Oc2ccccc2O[C@@H]1C(=O)NC1CCN(C(=O)OC(C)(C)C)CC1. The molecular formula is C20H28N2O5. The Kier molecular flexibility index (Phi) is 5.48. The van der Waals surface area contributed by atoms with E-state index in [9.17, 15) is 9.59 Å². The van der Waals surface area contributed by atoms with Crippen LogP contribution in [0.15, 0.2) is 24.3 Å². The van der Waals surface area contributed by atoms with Crippen molar-refractivity contribution < 1.29 is 23.8 Å². The van der Waals surface area contributed by atoms with Crippen LogP contribution in [0.4, 0.5) is 4.79 Å². The smallest absolute Gasteiger partial charge is 0.410 e. The van der Waals surface area contributed by atoms with E-state index in [1.807, 2.05) is 45.9 Å². The monoisotopic (exact) mass is 376 g/mol. The zero-order chi connectivity index (χ0) is 19.6. The lowest BCUT2D eigenvalue weighted by molar-refractivity contribution is -0.134. The van der Waals surface area contributed by atoms with Gasteiger partial charge in [-0.2, -0.15) is 0 Å². The van der Waals surface area contributed by atoms with Crippen molar-refractivity contribution in [3.63, 3.8) is 0 Å². The molecule has 148 valence electrons. The molecule has 27 heavy (non-hydrogen) atoms. The zero-order valence-corrected chi connectivity index (χ0v) is 16.4. The summed E-state index contributed by atoms with van der Waals surface area (Å²) in [5.74, 6) is 1.04. The summed E-state index contributed by atoms with van der Waals surface area (Å²) >= 11 is 0. The molecule has 3 rings (SSSR count). The van der Waals surface area contributed by atoms with E-state index in [0.717, 1.165) is 0 Å². The molecule has 2 atom stereocenters. The van der Waals surface area contributed by atoms with Gasteiger partial charge in [0.25, 0.3) is 5.91 Å². The van der Waals surface area contributed by atoms with E-state index in [2.05, 4.69) is 5.32 Å². The Morgan fingerprint density at radius 3 is 2.30 bits per heavy atom. The van der Waals surface area contributed by atoms with Crippen LogP contribution in [0.1, 0.15) is 40.5 Å². The summed E-state index contributed by atoms with van der Waals surface area (Å²) in [6.45, 7) is 8.49. The quantitative estimate of drug-likeness (QED) is 0.859. The molecule has 0 radical (unpaired) electrons. The lowest BCUT2D eigenvalue weighted by Crippen LogP contribution is -2.54. The molecule has 0 spiro atoms. The largest absolute Gasteiger partial charge is 0.482 e. The van der Waals surface area contributed by atoms with E-state index in [0.29, 0.717) is 37.4 Å². The molecule has 0 aliphatic carbocycles. The molecule has 0 bridgehead atoms. The number of nitrogens with one attached hydrogen (secondary N) is 1. The van der Waals surface area contributed by atoms with Crippen molar-refractivity contribution in [1.29, 1.82) is 0 Å². The third-order valence-electron chi connectivity index (χ3n) is 4.59. The van der Waals surface area contributed by atoms with Crippen LogP contribution in [0.3, 0.4) is 0 Å². The summed E-state index contributed by atoms with van der Waals surface area (Å²) in [7, 11) is 0. The number of piperidine rings is 1. The van der Waals surface area contributed by atoms with Gasteiger partial charge in [0.1, 0.15) is 11.7 Å². The van der Waals surface area contributed by atoms with Gasteiger partial charge < -0.3 is 24.4 Å². The molecule has 1 aromatic carbocycles. The number of amides is 2. The summed E-state index contributed by atoms with van der Waals surface area (Å²) in [5, 5.41) is 3.03. The molecule has 0 unspecified atom stereocenters. The number of carbonyl (C=O) groups excluding carboxylic acids is 2. The number of rotatable bonds is 2. The normalized spacial score (nSPS) is 22.9. The highest BCUT2D eigenvalue weighted by molar-refractivity contribution is 5.82. The van der Waals surface area contributed by atoms with Gasteiger partial charge in [0.05, 0.1) is 0 Å². The molecular weight excluding hydrogens is 348 g/mol. The standard InChI is InChI=1S/C20H28N2O5/c1-13-17(26-16-8-6-5-7-15(16)25-13)18(23)21-14-9-11-22(12-10-14)19(24)27-20(2,3)4/h5-8,13-14,17H,9-12H2,1-4H3,(H,21,23)/t13-,17-/m0/s1. The van der Waals surface area contributed by atoms with Gasteiger partial charge in [0.15, 0.2) is 11.5 Å². The minimum atomic E-state index is -0.691. The minimum absolute atomic E-state index is 0.00385. The highest BCUT2D eigenvalue weighted by Crippen LogP contribution is 2.33. The van der Waals surface area contributed by atoms with Crippen LogP contribution in [0.2, 0.25) is 0 Å². The Bertz CT molecular complexity index is 692. The number of fused-ring (bicyclic) bond motifs is 1. The van der Waals surface area contributed by atoms with Crippen molar-refractivity contribution in [2.75, 3.05) is 13.1 Å². The molecule has 1 aromatic rings. The van der Waals surface area contributed by atoms with Gasteiger partial charge in [-0.25, -0.2) is 4.79 Å². The maximum Gasteiger partial charge on any atom is 0.410 e. The summed E-state index contributed by atoms with van der Waals surface area (Å²) in [6, 6.07) is 7.34. The van der Waals surface area contributed by atoms with Crippen LogP contribution in [0.25, 0.3) is 0 Å². The molecule has 2 aliphatic heterocycles. The molecule has 2 amide bonds. The van der Waals surface area contributed by atoms with Crippen LogP contribution in [0, 0.1) is 0 Å². The highest BCUT2D eigenvalue weighted by Gasteiger charge is 2.36. The number of ether oxygens (including phenoxy) is 3. The number of para-hydroxylation sites is 2. The van der Waals surface area contributed by atoms with Crippen molar-refractivity contribution >= 4 is 12.0 Å². The fourth-order valence-electron chi connectivity index (χ4n) is 3.22. The molecule has 1 N–H and O–H groups in total. The number of likely N-dealkylation sites (tertiary alicyclic amines) is 1. The molecule has 7 nitrogen and oxygen atoms in total. The first-order valence-corrected chi connectivity index (χ1v) is 9.43. The van der Waals surface area contributed by atoms with Crippen LogP contribution < -0.4 is 14.8 Å². The second-order valence-corrected chi connectivity index (χ2v) is 8.06. The third kappa shape index (κ3) is 4.84. The lowest BCUT2D eigenvalue weighted by Gasteiger charge is -2.35. The van der Waals surface area contributed by atoms with Gasteiger partial charge >= 0.3 is 6.09 Å². The Morgan fingerprint density at radius 2 is 1.70 bits per heavy atom. The number of nitrogens with zero attached hydrogens (tertiary/aromatic N) is 1.